The molecule has 7 nitrogen and oxygen atoms in total. The fraction of sp³-hybridized carbons (Fsp3) is 0.500. The molecule has 0 unspecified atom stereocenters. The molecule has 1 aromatic rings. The van der Waals surface area contributed by atoms with Crippen molar-refractivity contribution in [2.75, 3.05) is 6.54 Å². The molecule has 0 bridgehead atoms. The summed E-state index contributed by atoms with van der Waals surface area (Å²) < 4.78 is 40.0. The highest BCUT2D eigenvalue weighted by Gasteiger charge is 2.56. The predicted octanol–water partition coefficient (Wildman–Crippen LogP) is 0.810. The summed E-state index contributed by atoms with van der Waals surface area (Å²) in [7, 11) is 3.44. The number of rotatable bonds is 3. The summed E-state index contributed by atoms with van der Waals surface area (Å²) in [5, 5.41) is 6.19. The zero-order chi connectivity index (χ0) is 22.9. The second-order valence-corrected chi connectivity index (χ2v) is 9.24. The second kappa shape index (κ2) is 6.82. The molecule has 2 heterocycles. The van der Waals surface area contributed by atoms with Gasteiger partial charge in [-0.05, 0) is 48.9 Å². The molecule has 1 aliphatic carbocycles. The number of fused-ring (bicyclic) bond motifs is 1. The minimum absolute atomic E-state index is 0.0754. The first-order valence-electron chi connectivity index (χ1n) is 9.91. The highest BCUT2D eigenvalue weighted by atomic mass is 35.5. The molecule has 0 aromatic heterocycles. The molecular weight excluding hydrogens is 434 g/mol. The molecule has 0 spiro atoms. The van der Waals surface area contributed by atoms with Crippen LogP contribution in [-0.4, -0.2) is 50.6 Å². The largest absolute Gasteiger partial charge is 0.417 e. The van der Waals surface area contributed by atoms with Crippen LogP contribution in [0.3, 0.4) is 0 Å². The molecule has 2 fully saturated rings. The molecule has 164 valence electrons. The molecule has 5 amide bonds. The maximum Gasteiger partial charge on any atom is 0.417 e. The van der Waals surface area contributed by atoms with E-state index in [9.17, 15) is 27.6 Å². The SMILES string of the molecule is BC1(B)c2cc(Cl)c(C(F)(F)F)cc2[C@@H](C)N1C(=O)NC[C@@]1(C2CC2)NC(=O)NC1=O. The number of hydrogen-bond acceptors (Lipinski definition) is 3. The Hall–Kier alpha value is -2.36. The van der Waals surface area contributed by atoms with Gasteiger partial charge in [0, 0.05) is 5.34 Å². The van der Waals surface area contributed by atoms with Crippen LogP contribution in [0.5, 0.6) is 0 Å². The van der Waals surface area contributed by atoms with Crippen molar-refractivity contribution < 1.29 is 27.6 Å². The van der Waals surface area contributed by atoms with Crippen LogP contribution in [0.1, 0.15) is 42.5 Å². The van der Waals surface area contributed by atoms with Crippen LogP contribution in [0.15, 0.2) is 12.1 Å². The number of urea groups is 2. The van der Waals surface area contributed by atoms with Crippen molar-refractivity contribution in [2.24, 2.45) is 5.92 Å². The summed E-state index contributed by atoms with van der Waals surface area (Å²) in [6, 6.07) is 0.440. The van der Waals surface area contributed by atoms with E-state index in [0.29, 0.717) is 11.1 Å². The molecule has 1 saturated carbocycles. The number of alkyl halides is 3. The molecule has 1 aromatic carbocycles. The van der Waals surface area contributed by atoms with Gasteiger partial charge in [-0.2, -0.15) is 13.2 Å². The van der Waals surface area contributed by atoms with E-state index in [1.54, 1.807) is 22.6 Å². The monoisotopic (exact) mass is 454 g/mol. The van der Waals surface area contributed by atoms with Crippen molar-refractivity contribution in [1.29, 1.82) is 0 Å². The van der Waals surface area contributed by atoms with Crippen LogP contribution in [0.2, 0.25) is 5.02 Å². The highest BCUT2D eigenvalue weighted by molar-refractivity contribution is 6.41. The number of imide groups is 1. The Bertz CT molecular complexity index is 1000. The summed E-state index contributed by atoms with van der Waals surface area (Å²) in [5.41, 5.74) is -1.27. The van der Waals surface area contributed by atoms with Crippen molar-refractivity contribution in [2.45, 2.75) is 42.9 Å². The zero-order valence-electron chi connectivity index (χ0n) is 17.1. The first-order chi connectivity index (χ1) is 14.3. The third-order valence-corrected chi connectivity index (χ3v) is 6.84. The topological polar surface area (TPSA) is 90.5 Å². The van der Waals surface area contributed by atoms with Crippen molar-refractivity contribution in [1.82, 2.24) is 20.9 Å². The second-order valence-electron chi connectivity index (χ2n) is 8.83. The van der Waals surface area contributed by atoms with Crippen molar-refractivity contribution >= 4 is 45.3 Å². The first-order valence-corrected chi connectivity index (χ1v) is 10.3. The van der Waals surface area contributed by atoms with E-state index < -0.39 is 51.7 Å². The molecule has 0 radical (unpaired) electrons. The number of nitrogens with one attached hydrogen (secondary N) is 3. The number of hydrogen-bond donors (Lipinski definition) is 3. The van der Waals surface area contributed by atoms with E-state index in [1.807, 2.05) is 0 Å². The Balaban J connectivity index is 1.60. The third-order valence-electron chi connectivity index (χ3n) is 6.52. The summed E-state index contributed by atoms with van der Waals surface area (Å²) in [6.07, 6.45) is -3.12. The van der Waals surface area contributed by atoms with Crippen molar-refractivity contribution in [3.63, 3.8) is 0 Å². The fourth-order valence-electron chi connectivity index (χ4n) is 4.80. The van der Waals surface area contributed by atoms with Gasteiger partial charge in [-0.25, -0.2) is 9.59 Å². The number of halogens is 4. The van der Waals surface area contributed by atoms with E-state index in [4.69, 9.17) is 11.6 Å². The van der Waals surface area contributed by atoms with Crippen LogP contribution in [-0.2, 0) is 16.3 Å². The molecule has 2 aliphatic heterocycles. The molecule has 3 N–H and O–H groups in total. The van der Waals surface area contributed by atoms with Gasteiger partial charge in [0.1, 0.15) is 21.2 Å². The molecule has 31 heavy (non-hydrogen) atoms. The summed E-state index contributed by atoms with van der Waals surface area (Å²) in [5.74, 6) is -0.562. The Labute approximate surface area is 183 Å². The van der Waals surface area contributed by atoms with Crippen molar-refractivity contribution in [3.05, 3.63) is 33.8 Å². The minimum atomic E-state index is -4.61. The van der Waals surface area contributed by atoms with Crippen molar-refractivity contribution in [3.8, 4) is 0 Å². The van der Waals surface area contributed by atoms with Gasteiger partial charge in [0.25, 0.3) is 5.91 Å². The van der Waals surface area contributed by atoms with Gasteiger partial charge >= 0.3 is 18.2 Å². The maximum absolute atomic E-state index is 13.3. The summed E-state index contributed by atoms with van der Waals surface area (Å²) >= 11 is 5.91. The Kier molecular flexibility index (Phi) is 4.81. The zero-order valence-corrected chi connectivity index (χ0v) is 17.9. The minimum Gasteiger partial charge on any atom is -0.335 e. The Morgan fingerprint density at radius 1 is 1.32 bits per heavy atom. The smallest absolute Gasteiger partial charge is 0.335 e. The highest BCUT2D eigenvalue weighted by Crippen LogP contribution is 2.47. The summed E-state index contributed by atoms with van der Waals surface area (Å²) in [6.45, 7) is 1.53. The molecule has 2 atom stereocenters. The standard InChI is InChI=1S/C18H20B2ClF3N4O3/c1-7-9-4-11(18(22,23)24)12(21)5-10(9)17(19,20)28(7)15(31)25-6-16(8-2-3-8)13(29)26-14(30)27-16/h4-5,7-8H,2-3,6,19-20H2,1H3,(H,25,31)(H2,26,27,29,30)/t7-,16+/m1/s1. The molecule has 1 saturated heterocycles. The Morgan fingerprint density at radius 2 is 1.97 bits per heavy atom. The van der Waals surface area contributed by atoms with Gasteiger partial charge in [-0.3, -0.25) is 10.1 Å². The first kappa shape index (κ1) is 21.9. The lowest BCUT2D eigenvalue weighted by Crippen LogP contribution is -2.60. The van der Waals surface area contributed by atoms with Crippen LogP contribution in [0, 0.1) is 5.92 Å². The lowest BCUT2D eigenvalue weighted by atomic mass is 9.58. The van der Waals surface area contributed by atoms with Crippen LogP contribution in [0.25, 0.3) is 0 Å². The average Bonchev–Trinajstić information content (AvgIpc) is 3.41. The lowest BCUT2D eigenvalue weighted by molar-refractivity contribution is -0.137. The molecule has 4 rings (SSSR count). The molecule has 3 aliphatic rings. The molecular formula is C18H20B2ClF3N4O3. The quantitative estimate of drug-likeness (QED) is 0.467. The van der Waals surface area contributed by atoms with E-state index >= 15 is 0 Å². The number of benzene rings is 1. The van der Waals surface area contributed by atoms with E-state index in [0.717, 1.165) is 18.9 Å². The number of nitrogens with zero attached hydrogens (tertiary/aromatic N) is 1. The fourth-order valence-corrected chi connectivity index (χ4v) is 5.07. The lowest BCUT2D eigenvalue weighted by Gasteiger charge is -2.37. The third kappa shape index (κ3) is 3.35. The van der Waals surface area contributed by atoms with Gasteiger partial charge in [0.15, 0.2) is 0 Å². The van der Waals surface area contributed by atoms with Crippen LogP contribution in [0.4, 0.5) is 22.8 Å². The van der Waals surface area contributed by atoms with Crippen LogP contribution < -0.4 is 16.0 Å². The molecule has 13 heteroatoms. The van der Waals surface area contributed by atoms with Gasteiger partial charge < -0.3 is 15.5 Å². The van der Waals surface area contributed by atoms with Gasteiger partial charge in [0.2, 0.25) is 0 Å². The number of carbonyl (C=O) groups is 3. The van der Waals surface area contributed by atoms with E-state index in [-0.39, 0.29) is 12.5 Å². The predicted molar refractivity (Wildman–Crippen MR) is 111 cm³/mol. The van der Waals surface area contributed by atoms with E-state index in [2.05, 4.69) is 16.0 Å². The van der Waals surface area contributed by atoms with Gasteiger partial charge in [0.05, 0.1) is 23.2 Å². The maximum atomic E-state index is 13.3. The van der Waals surface area contributed by atoms with Gasteiger partial charge in [-0.15, -0.1) is 0 Å². The summed E-state index contributed by atoms with van der Waals surface area (Å²) in [4.78, 5) is 38.6. The van der Waals surface area contributed by atoms with E-state index in [1.165, 1.54) is 11.0 Å². The normalized spacial score (nSPS) is 27.0. The number of amides is 5. The Morgan fingerprint density at radius 3 is 2.48 bits per heavy atom. The van der Waals surface area contributed by atoms with Gasteiger partial charge in [-0.1, -0.05) is 11.6 Å². The van der Waals surface area contributed by atoms with Crippen LogP contribution >= 0.6 is 11.6 Å². The number of carbonyl (C=O) groups excluding carboxylic acids is 3. The average molecular weight is 454 g/mol.